The average molecular weight is 507 g/mol. The highest BCUT2D eigenvalue weighted by Crippen LogP contribution is 2.23. The number of hydrogen-bond acceptors (Lipinski definition) is 6. The molecule has 7 nitrogen and oxygen atoms in total. The minimum absolute atomic E-state index is 0.233. The summed E-state index contributed by atoms with van der Waals surface area (Å²) in [5, 5.41) is 18.1. The molecule has 2 N–H and O–H groups in total. The molecule has 0 aromatic heterocycles. The lowest BCUT2D eigenvalue weighted by Crippen LogP contribution is -2.17. The number of carboxylic acid groups (broad SMARTS) is 1. The van der Waals surface area contributed by atoms with Crippen molar-refractivity contribution in [2.75, 3.05) is 0 Å². The van der Waals surface area contributed by atoms with Gasteiger partial charge in [-0.15, -0.1) is 0 Å². The Morgan fingerprint density at radius 3 is 2.11 bits per heavy atom. The zero-order valence-electron chi connectivity index (χ0n) is 20.5. The number of hydroxylamine groups is 1. The SMILES string of the molecule is N#CC(CC(=O)O)c1ccc(OCc2ccc(OC=C(NOc3ccccc3)c3ccccc3)cc2)cc1. The molecule has 0 heterocycles. The van der Waals surface area contributed by atoms with E-state index in [1.165, 1.54) is 0 Å². The van der Waals surface area contributed by atoms with E-state index in [2.05, 4.69) is 5.48 Å². The molecule has 190 valence electrons. The summed E-state index contributed by atoms with van der Waals surface area (Å²) in [5.74, 6) is 0.257. The van der Waals surface area contributed by atoms with Crippen molar-refractivity contribution in [1.29, 1.82) is 5.26 Å². The van der Waals surface area contributed by atoms with Crippen molar-refractivity contribution in [2.45, 2.75) is 18.9 Å². The normalized spacial score (nSPS) is 11.6. The molecule has 0 bridgehead atoms. The fourth-order valence-corrected chi connectivity index (χ4v) is 3.54. The van der Waals surface area contributed by atoms with Gasteiger partial charge < -0.3 is 19.4 Å². The molecule has 0 radical (unpaired) electrons. The van der Waals surface area contributed by atoms with E-state index in [-0.39, 0.29) is 6.42 Å². The van der Waals surface area contributed by atoms with Crippen LogP contribution in [0, 0.1) is 11.3 Å². The lowest BCUT2D eigenvalue weighted by molar-refractivity contribution is -0.137. The van der Waals surface area contributed by atoms with E-state index in [4.69, 9.17) is 19.4 Å². The van der Waals surface area contributed by atoms with Crippen molar-refractivity contribution in [2.24, 2.45) is 0 Å². The summed E-state index contributed by atoms with van der Waals surface area (Å²) in [6.07, 6.45) is 1.37. The van der Waals surface area contributed by atoms with Crippen LogP contribution in [0.3, 0.4) is 0 Å². The van der Waals surface area contributed by atoms with Gasteiger partial charge in [0.15, 0.2) is 5.75 Å². The molecule has 4 aromatic rings. The third-order valence-corrected chi connectivity index (χ3v) is 5.57. The fraction of sp³-hybridized carbons (Fsp3) is 0.0968. The highest BCUT2D eigenvalue weighted by atomic mass is 16.6. The lowest BCUT2D eigenvalue weighted by atomic mass is 9.97. The molecule has 0 saturated heterocycles. The molecule has 4 aromatic carbocycles. The Kier molecular flexibility index (Phi) is 8.98. The van der Waals surface area contributed by atoms with Crippen LogP contribution in [-0.4, -0.2) is 11.1 Å². The second-order valence-corrected chi connectivity index (χ2v) is 8.31. The fourth-order valence-electron chi connectivity index (χ4n) is 3.54. The first kappa shape index (κ1) is 25.9. The molecule has 0 aliphatic rings. The van der Waals surface area contributed by atoms with Gasteiger partial charge in [-0.25, -0.2) is 5.48 Å². The molecule has 0 saturated carbocycles. The van der Waals surface area contributed by atoms with Crippen molar-refractivity contribution in [3.8, 4) is 23.3 Å². The summed E-state index contributed by atoms with van der Waals surface area (Å²) in [7, 11) is 0. The molecular weight excluding hydrogens is 480 g/mol. The topological polar surface area (TPSA) is 101 Å². The number of ether oxygens (including phenoxy) is 2. The summed E-state index contributed by atoms with van der Waals surface area (Å²) in [5.41, 5.74) is 6.12. The van der Waals surface area contributed by atoms with E-state index < -0.39 is 11.9 Å². The summed E-state index contributed by atoms with van der Waals surface area (Å²) in [6, 6.07) is 35.6. The first-order valence-electron chi connectivity index (χ1n) is 11.9. The van der Waals surface area contributed by atoms with Crippen molar-refractivity contribution in [1.82, 2.24) is 5.48 Å². The molecule has 1 unspecified atom stereocenters. The molecule has 0 amide bonds. The van der Waals surface area contributed by atoms with Gasteiger partial charge in [0.05, 0.1) is 18.4 Å². The Balaban J connectivity index is 1.34. The summed E-state index contributed by atoms with van der Waals surface area (Å²) in [4.78, 5) is 16.6. The molecule has 0 aliphatic heterocycles. The van der Waals surface area contributed by atoms with Crippen LogP contribution >= 0.6 is 0 Å². The molecule has 4 rings (SSSR count). The van der Waals surface area contributed by atoms with Gasteiger partial charge in [0.1, 0.15) is 30.1 Å². The van der Waals surface area contributed by atoms with Gasteiger partial charge in [-0.3, -0.25) is 4.79 Å². The van der Waals surface area contributed by atoms with Crippen LogP contribution in [0.5, 0.6) is 17.2 Å². The maximum Gasteiger partial charge on any atom is 0.305 e. The largest absolute Gasteiger partial charge is 0.489 e. The zero-order valence-corrected chi connectivity index (χ0v) is 20.5. The first-order valence-corrected chi connectivity index (χ1v) is 11.9. The second kappa shape index (κ2) is 13.2. The van der Waals surface area contributed by atoms with Gasteiger partial charge >= 0.3 is 5.97 Å². The van der Waals surface area contributed by atoms with E-state index in [1.807, 2.05) is 91.0 Å². The van der Waals surface area contributed by atoms with E-state index in [1.54, 1.807) is 30.5 Å². The van der Waals surface area contributed by atoms with Crippen LogP contribution in [0.1, 0.15) is 29.0 Å². The van der Waals surface area contributed by atoms with Crippen LogP contribution < -0.4 is 19.8 Å². The predicted molar refractivity (Wildman–Crippen MR) is 143 cm³/mol. The number of carbonyl (C=O) groups is 1. The Bertz CT molecular complexity index is 1380. The number of carboxylic acids is 1. The summed E-state index contributed by atoms with van der Waals surface area (Å²) in [6.45, 7) is 0.341. The van der Waals surface area contributed by atoms with Crippen molar-refractivity contribution < 1.29 is 24.2 Å². The Hall–Kier alpha value is -5.22. The molecule has 7 heteroatoms. The van der Waals surface area contributed by atoms with Crippen molar-refractivity contribution >= 4 is 11.7 Å². The molecule has 38 heavy (non-hydrogen) atoms. The molecule has 0 spiro atoms. The van der Waals surface area contributed by atoms with Gasteiger partial charge in [-0.1, -0.05) is 72.8 Å². The van der Waals surface area contributed by atoms with E-state index in [0.717, 1.165) is 11.1 Å². The smallest absolute Gasteiger partial charge is 0.305 e. The van der Waals surface area contributed by atoms with Crippen LogP contribution in [0.25, 0.3) is 5.70 Å². The minimum atomic E-state index is -1.01. The van der Waals surface area contributed by atoms with E-state index >= 15 is 0 Å². The monoisotopic (exact) mass is 506 g/mol. The molecular formula is C31H26N2O5. The minimum Gasteiger partial charge on any atom is -0.489 e. The van der Waals surface area contributed by atoms with Crippen LogP contribution in [-0.2, 0) is 11.4 Å². The van der Waals surface area contributed by atoms with Gasteiger partial charge in [-0.05, 0) is 47.5 Å². The number of nitriles is 1. The highest BCUT2D eigenvalue weighted by molar-refractivity contribution is 5.68. The van der Waals surface area contributed by atoms with Crippen LogP contribution in [0.2, 0.25) is 0 Å². The van der Waals surface area contributed by atoms with Gasteiger partial charge in [0.25, 0.3) is 0 Å². The quantitative estimate of drug-likeness (QED) is 0.172. The Morgan fingerprint density at radius 1 is 0.842 bits per heavy atom. The van der Waals surface area contributed by atoms with Crippen LogP contribution in [0.15, 0.2) is 115 Å². The molecule has 0 aliphatic carbocycles. The van der Waals surface area contributed by atoms with Crippen LogP contribution in [0.4, 0.5) is 0 Å². The molecule has 0 fully saturated rings. The first-order chi connectivity index (χ1) is 18.6. The number of nitrogens with one attached hydrogen (secondary N) is 1. The summed E-state index contributed by atoms with van der Waals surface area (Å²) < 4.78 is 11.7. The molecule has 1 atom stereocenters. The number of rotatable bonds is 12. The highest BCUT2D eigenvalue weighted by Gasteiger charge is 2.14. The zero-order chi connectivity index (χ0) is 26.6. The van der Waals surface area contributed by atoms with E-state index in [0.29, 0.717) is 35.1 Å². The maximum absolute atomic E-state index is 10.9. The number of nitrogens with zero attached hydrogens (tertiary/aromatic N) is 1. The predicted octanol–water partition coefficient (Wildman–Crippen LogP) is 6.31. The maximum atomic E-state index is 10.9. The van der Waals surface area contributed by atoms with Gasteiger partial charge in [-0.2, -0.15) is 5.26 Å². The average Bonchev–Trinajstić information content (AvgIpc) is 2.96. The lowest BCUT2D eigenvalue weighted by Gasteiger charge is -2.13. The Labute approximate surface area is 221 Å². The number of aliphatic carboxylic acids is 1. The van der Waals surface area contributed by atoms with Gasteiger partial charge in [0, 0.05) is 5.56 Å². The standard InChI is InChI=1S/C31H26N2O5/c32-20-26(19-31(34)35)24-13-17-28(18-14-24)36-21-23-11-15-27(16-12-23)37-22-30(25-7-3-1-4-8-25)33-38-29-9-5-2-6-10-29/h1-18,22,26,33H,19,21H2,(H,34,35). The summed E-state index contributed by atoms with van der Waals surface area (Å²) >= 11 is 0. The number of hydrogen-bond donors (Lipinski definition) is 2. The van der Waals surface area contributed by atoms with Crippen molar-refractivity contribution in [3.05, 3.63) is 132 Å². The number of benzene rings is 4. The van der Waals surface area contributed by atoms with E-state index in [9.17, 15) is 10.1 Å². The van der Waals surface area contributed by atoms with Gasteiger partial charge in [0.2, 0.25) is 0 Å². The Morgan fingerprint density at radius 2 is 1.47 bits per heavy atom. The third-order valence-electron chi connectivity index (χ3n) is 5.57. The third kappa shape index (κ3) is 7.64. The van der Waals surface area contributed by atoms with Crippen molar-refractivity contribution in [3.63, 3.8) is 0 Å². The number of para-hydroxylation sites is 1. The second-order valence-electron chi connectivity index (χ2n) is 8.31.